The van der Waals surface area contributed by atoms with Crippen LogP contribution in [0.5, 0.6) is 5.75 Å². The number of aromatic hydroxyl groups is 1. The number of carbonyl (C=O) groups excluding carboxylic acids is 2. The molecule has 0 saturated heterocycles. The van der Waals surface area contributed by atoms with Crippen LogP contribution in [0.3, 0.4) is 0 Å². The first kappa shape index (κ1) is 16.0. The van der Waals surface area contributed by atoms with Gasteiger partial charge in [-0.25, -0.2) is 4.79 Å². The first-order valence-corrected chi connectivity index (χ1v) is 6.44. The monoisotopic (exact) mass is 279 g/mol. The molecule has 2 N–H and O–H groups in total. The van der Waals surface area contributed by atoms with Crippen molar-refractivity contribution in [2.75, 3.05) is 0 Å². The number of hydrogen-bond acceptors (Lipinski definition) is 4. The molecule has 0 heterocycles. The smallest absolute Gasteiger partial charge is 0.328 e. The Bertz CT molecular complexity index is 517. The zero-order valence-corrected chi connectivity index (χ0v) is 12.5. The van der Waals surface area contributed by atoms with Gasteiger partial charge in [-0.3, -0.25) is 4.79 Å². The summed E-state index contributed by atoms with van der Waals surface area (Å²) in [6.07, 6.45) is 0. The van der Waals surface area contributed by atoms with E-state index in [2.05, 4.69) is 5.32 Å². The second kappa shape index (κ2) is 5.94. The molecule has 0 unspecified atom stereocenters. The third-order valence-electron chi connectivity index (χ3n) is 2.59. The van der Waals surface area contributed by atoms with Crippen molar-refractivity contribution in [2.45, 2.75) is 46.3 Å². The van der Waals surface area contributed by atoms with Gasteiger partial charge in [-0.05, 0) is 46.2 Å². The molecule has 5 heteroatoms. The van der Waals surface area contributed by atoms with E-state index in [1.165, 1.54) is 6.07 Å². The van der Waals surface area contributed by atoms with Gasteiger partial charge in [-0.15, -0.1) is 0 Å². The highest BCUT2D eigenvalue weighted by atomic mass is 16.6. The van der Waals surface area contributed by atoms with Crippen LogP contribution < -0.4 is 5.32 Å². The molecule has 1 aromatic rings. The van der Waals surface area contributed by atoms with E-state index in [-0.39, 0.29) is 11.3 Å². The van der Waals surface area contributed by atoms with Crippen molar-refractivity contribution in [3.05, 3.63) is 29.3 Å². The van der Waals surface area contributed by atoms with Gasteiger partial charge in [0.1, 0.15) is 17.4 Å². The summed E-state index contributed by atoms with van der Waals surface area (Å²) in [5.74, 6) is -1.11. The zero-order valence-electron chi connectivity index (χ0n) is 12.5. The Balaban J connectivity index is 2.76. The number of phenolic OH excluding ortho intramolecular Hbond substituents is 1. The third kappa shape index (κ3) is 4.26. The van der Waals surface area contributed by atoms with Crippen LogP contribution in [-0.4, -0.2) is 28.6 Å². The van der Waals surface area contributed by atoms with E-state index in [1.807, 2.05) is 0 Å². The van der Waals surface area contributed by atoms with Crippen molar-refractivity contribution in [1.82, 2.24) is 5.32 Å². The van der Waals surface area contributed by atoms with Gasteiger partial charge in [0, 0.05) is 0 Å². The molecule has 20 heavy (non-hydrogen) atoms. The molecule has 1 atom stereocenters. The van der Waals surface area contributed by atoms with Crippen molar-refractivity contribution in [1.29, 1.82) is 0 Å². The Hall–Kier alpha value is -2.04. The van der Waals surface area contributed by atoms with Crippen molar-refractivity contribution < 1.29 is 19.4 Å². The number of phenols is 1. The third-order valence-corrected chi connectivity index (χ3v) is 2.59. The number of ether oxygens (including phenoxy) is 1. The van der Waals surface area contributed by atoms with Gasteiger partial charge in [0.15, 0.2) is 0 Å². The van der Waals surface area contributed by atoms with E-state index in [1.54, 1.807) is 46.8 Å². The standard InChI is InChI=1S/C15H21NO4/c1-9-7-6-8-11(12(9)17)13(18)16-10(2)14(19)20-15(3,4)5/h6-8,10,17H,1-5H3,(H,16,18)/t10-/m1/s1. The maximum atomic E-state index is 12.0. The second-order valence-corrected chi connectivity index (χ2v) is 5.70. The average molecular weight is 279 g/mol. The van der Waals surface area contributed by atoms with E-state index in [0.29, 0.717) is 5.56 Å². The Morgan fingerprint density at radius 2 is 1.90 bits per heavy atom. The molecule has 1 amide bonds. The highest BCUT2D eigenvalue weighted by molar-refractivity contribution is 5.99. The number of amides is 1. The molecular formula is C15H21NO4. The molecule has 0 radical (unpaired) electrons. The summed E-state index contributed by atoms with van der Waals surface area (Å²) in [6.45, 7) is 8.51. The van der Waals surface area contributed by atoms with Crippen LogP contribution in [-0.2, 0) is 9.53 Å². The van der Waals surface area contributed by atoms with Crippen molar-refractivity contribution in [3.8, 4) is 5.75 Å². The maximum Gasteiger partial charge on any atom is 0.328 e. The van der Waals surface area contributed by atoms with Crippen LogP contribution in [0, 0.1) is 6.92 Å². The summed E-state index contributed by atoms with van der Waals surface area (Å²) < 4.78 is 5.17. The maximum absolute atomic E-state index is 12.0. The van der Waals surface area contributed by atoms with Gasteiger partial charge < -0.3 is 15.2 Å². The first-order chi connectivity index (χ1) is 9.11. The minimum Gasteiger partial charge on any atom is -0.507 e. The second-order valence-electron chi connectivity index (χ2n) is 5.70. The van der Waals surface area contributed by atoms with Crippen molar-refractivity contribution >= 4 is 11.9 Å². The molecule has 0 aliphatic carbocycles. The van der Waals surface area contributed by atoms with E-state index in [9.17, 15) is 14.7 Å². The lowest BCUT2D eigenvalue weighted by molar-refractivity contribution is -0.156. The van der Waals surface area contributed by atoms with Gasteiger partial charge in [-0.2, -0.15) is 0 Å². The molecule has 0 saturated carbocycles. The molecule has 1 rings (SSSR count). The van der Waals surface area contributed by atoms with Crippen LogP contribution in [0.15, 0.2) is 18.2 Å². The number of hydrogen-bond donors (Lipinski definition) is 2. The topological polar surface area (TPSA) is 75.6 Å². The number of para-hydroxylation sites is 1. The predicted octanol–water partition coefficient (Wildman–Crippen LogP) is 2.16. The van der Waals surface area contributed by atoms with E-state index in [0.717, 1.165) is 0 Å². The fourth-order valence-electron chi connectivity index (χ4n) is 1.57. The largest absolute Gasteiger partial charge is 0.507 e. The van der Waals surface area contributed by atoms with Gasteiger partial charge >= 0.3 is 5.97 Å². The number of benzene rings is 1. The average Bonchev–Trinajstić information content (AvgIpc) is 2.30. The highest BCUT2D eigenvalue weighted by Gasteiger charge is 2.24. The predicted molar refractivity (Wildman–Crippen MR) is 75.6 cm³/mol. The van der Waals surface area contributed by atoms with E-state index in [4.69, 9.17) is 4.74 Å². The van der Waals surface area contributed by atoms with Crippen molar-refractivity contribution in [3.63, 3.8) is 0 Å². The van der Waals surface area contributed by atoms with Crippen LogP contribution in [0.25, 0.3) is 0 Å². The van der Waals surface area contributed by atoms with E-state index < -0.39 is 23.5 Å². The van der Waals surface area contributed by atoms with Crippen molar-refractivity contribution in [2.24, 2.45) is 0 Å². The zero-order chi connectivity index (χ0) is 15.5. The molecule has 1 aromatic carbocycles. The lowest BCUT2D eigenvalue weighted by Gasteiger charge is -2.22. The summed E-state index contributed by atoms with van der Waals surface area (Å²) in [5.41, 5.74) is 0.129. The van der Waals surface area contributed by atoms with Gasteiger partial charge in [0.05, 0.1) is 5.56 Å². The molecule has 0 aliphatic rings. The minimum absolute atomic E-state index is 0.0820. The minimum atomic E-state index is -0.790. The number of rotatable bonds is 3. The summed E-state index contributed by atoms with van der Waals surface area (Å²) >= 11 is 0. The summed E-state index contributed by atoms with van der Waals surface area (Å²) in [7, 11) is 0. The number of nitrogens with one attached hydrogen (secondary N) is 1. The number of carbonyl (C=O) groups is 2. The van der Waals surface area contributed by atoms with Crippen LogP contribution in [0.2, 0.25) is 0 Å². The van der Waals surface area contributed by atoms with Crippen LogP contribution in [0.1, 0.15) is 43.6 Å². The molecule has 5 nitrogen and oxygen atoms in total. The first-order valence-electron chi connectivity index (χ1n) is 6.44. The Kier molecular flexibility index (Phi) is 4.76. The molecule has 0 aliphatic heterocycles. The highest BCUT2D eigenvalue weighted by Crippen LogP contribution is 2.21. The normalized spacial score (nSPS) is 12.7. The lowest BCUT2D eigenvalue weighted by atomic mass is 10.1. The fraction of sp³-hybridized carbons (Fsp3) is 0.467. The van der Waals surface area contributed by atoms with E-state index >= 15 is 0 Å². The van der Waals surface area contributed by atoms with Crippen LogP contribution in [0.4, 0.5) is 0 Å². The SMILES string of the molecule is Cc1cccc(C(=O)N[C@H](C)C(=O)OC(C)(C)C)c1O. The van der Waals surface area contributed by atoms with Gasteiger partial charge in [0.25, 0.3) is 5.91 Å². The van der Waals surface area contributed by atoms with Gasteiger partial charge in [-0.1, -0.05) is 12.1 Å². The molecule has 0 fully saturated rings. The molecule has 0 bridgehead atoms. The lowest BCUT2D eigenvalue weighted by Crippen LogP contribution is -2.42. The Labute approximate surface area is 118 Å². The Morgan fingerprint density at radius 3 is 2.45 bits per heavy atom. The van der Waals surface area contributed by atoms with Gasteiger partial charge in [0.2, 0.25) is 0 Å². The quantitative estimate of drug-likeness (QED) is 0.831. The summed E-state index contributed by atoms with van der Waals surface area (Å²) in [6, 6.07) is 4.08. The summed E-state index contributed by atoms with van der Waals surface area (Å²) in [5, 5.41) is 12.3. The summed E-state index contributed by atoms with van der Waals surface area (Å²) in [4.78, 5) is 23.8. The molecule has 0 spiro atoms. The number of aryl methyl sites for hydroxylation is 1. The number of esters is 1. The fourth-order valence-corrected chi connectivity index (χ4v) is 1.57. The van der Waals surface area contributed by atoms with Crippen LogP contribution >= 0.6 is 0 Å². The molecular weight excluding hydrogens is 258 g/mol. The molecule has 0 aromatic heterocycles. The molecule has 110 valence electrons. The Morgan fingerprint density at radius 1 is 1.30 bits per heavy atom.